The lowest BCUT2D eigenvalue weighted by Gasteiger charge is -2.04. The van der Waals surface area contributed by atoms with E-state index < -0.39 is 0 Å². The Labute approximate surface area is 87.2 Å². The van der Waals surface area contributed by atoms with Gasteiger partial charge in [0.05, 0.1) is 5.52 Å². The van der Waals surface area contributed by atoms with Gasteiger partial charge in [0, 0.05) is 30.1 Å². The van der Waals surface area contributed by atoms with Crippen molar-refractivity contribution in [2.24, 2.45) is 5.73 Å². The SMILES string of the molecule is CC(N)Cc1ncc2ccc(F)cc2n1. The standard InChI is InChI=1S/C11H12FN3/c1-7(13)4-11-14-6-8-2-3-9(12)5-10(8)15-11/h2-3,5-7H,4,13H2,1H3. The third kappa shape index (κ3) is 2.27. The third-order valence-electron chi connectivity index (χ3n) is 2.10. The summed E-state index contributed by atoms with van der Waals surface area (Å²) in [7, 11) is 0. The summed E-state index contributed by atoms with van der Waals surface area (Å²) in [5.74, 6) is 0.371. The van der Waals surface area contributed by atoms with Gasteiger partial charge in [0.25, 0.3) is 0 Å². The molecule has 3 nitrogen and oxygen atoms in total. The van der Waals surface area contributed by atoms with Crippen LogP contribution in [-0.2, 0) is 6.42 Å². The Hall–Kier alpha value is -1.55. The van der Waals surface area contributed by atoms with Gasteiger partial charge in [-0.3, -0.25) is 0 Å². The number of aromatic nitrogens is 2. The van der Waals surface area contributed by atoms with E-state index in [1.165, 1.54) is 12.1 Å². The Morgan fingerprint density at radius 3 is 3.00 bits per heavy atom. The van der Waals surface area contributed by atoms with Crippen LogP contribution in [0.25, 0.3) is 10.9 Å². The second-order valence-electron chi connectivity index (χ2n) is 3.67. The molecule has 0 amide bonds. The monoisotopic (exact) mass is 205 g/mol. The molecule has 0 aliphatic carbocycles. The van der Waals surface area contributed by atoms with Crippen molar-refractivity contribution in [3.8, 4) is 0 Å². The fourth-order valence-electron chi connectivity index (χ4n) is 1.42. The largest absolute Gasteiger partial charge is 0.328 e. The minimum atomic E-state index is -0.284. The minimum Gasteiger partial charge on any atom is -0.328 e. The number of nitrogens with two attached hydrogens (primary N) is 1. The van der Waals surface area contributed by atoms with Crippen LogP contribution in [0.3, 0.4) is 0 Å². The molecule has 1 aromatic heterocycles. The number of nitrogens with zero attached hydrogens (tertiary/aromatic N) is 2. The van der Waals surface area contributed by atoms with Crippen molar-refractivity contribution in [2.75, 3.05) is 0 Å². The van der Waals surface area contributed by atoms with Gasteiger partial charge >= 0.3 is 0 Å². The quantitative estimate of drug-likeness (QED) is 0.811. The summed E-state index contributed by atoms with van der Waals surface area (Å²) in [4.78, 5) is 8.41. The Bertz CT molecular complexity index is 482. The van der Waals surface area contributed by atoms with Crippen molar-refractivity contribution in [2.45, 2.75) is 19.4 Å². The molecule has 1 unspecified atom stereocenters. The molecule has 0 aliphatic rings. The molecule has 1 aromatic carbocycles. The van der Waals surface area contributed by atoms with E-state index in [4.69, 9.17) is 5.73 Å². The van der Waals surface area contributed by atoms with Crippen LogP contribution in [0.1, 0.15) is 12.7 Å². The van der Waals surface area contributed by atoms with Gasteiger partial charge in [-0.15, -0.1) is 0 Å². The lowest BCUT2D eigenvalue weighted by molar-refractivity contribution is 0.629. The van der Waals surface area contributed by atoms with Gasteiger partial charge in [-0.2, -0.15) is 0 Å². The topological polar surface area (TPSA) is 51.8 Å². The van der Waals surface area contributed by atoms with Crippen molar-refractivity contribution in [1.29, 1.82) is 0 Å². The van der Waals surface area contributed by atoms with Crippen molar-refractivity contribution in [3.05, 3.63) is 36.0 Å². The Morgan fingerprint density at radius 2 is 2.27 bits per heavy atom. The average molecular weight is 205 g/mol. The first-order valence-electron chi connectivity index (χ1n) is 4.82. The van der Waals surface area contributed by atoms with E-state index in [1.807, 2.05) is 6.92 Å². The molecule has 0 saturated heterocycles. The molecule has 78 valence electrons. The Morgan fingerprint density at radius 1 is 1.47 bits per heavy atom. The Kier molecular flexibility index (Phi) is 2.60. The molecule has 4 heteroatoms. The molecular formula is C11H12FN3. The predicted octanol–water partition coefficient (Wildman–Crippen LogP) is 1.66. The van der Waals surface area contributed by atoms with Gasteiger partial charge in [0.15, 0.2) is 0 Å². The number of hydrogen-bond donors (Lipinski definition) is 1. The van der Waals surface area contributed by atoms with Crippen LogP contribution in [0.2, 0.25) is 0 Å². The van der Waals surface area contributed by atoms with Gasteiger partial charge < -0.3 is 5.73 Å². The zero-order chi connectivity index (χ0) is 10.8. The van der Waals surface area contributed by atoms with Crippen LogP contribution in [0.15, 0.2) is 24.4 Å². The predicted molar refractivity (Wildman–Crippen MR) is 56.8 cm³/mol. The van der Waals surface area contributed by atoms with Crippen LogP contribution in [0.5, 0.6) is 0 Å². The van der Waals surface area contributed by atoms with Crippen LogP contribution in [0.4, 0.5) is 4.39 Å². The first-order chi connectivity index (χ1) is 7.15. The second-order valence-corrected chi connectivity index (χ2v) is 3.67. The van der Waals surface area contributed by atoms with E-state index in [2.05, 4.69) is 9.97 Å². The summed E-state index contributed by atoms with van der Waals surface area (Å²) < 4.78 is 12.9. The van der Waals surface area contributed by atoms with Crippen LogP contribution >= 0.6 is 0 Å². The molecule has 0 bridgehead atoms. The maximum atomic E-state index is 12.9. The first-order valence-corrected chi connectivity index (χ1v) is 4.82. The molecule has 15 heavy (non-hydrogen) atoms. The van der Waals surface area contributed by atoms with E-state index >= 15 is 0 Å². The highest BCUT2D eigenvalue weighted by Gasteiger charge is 2.03. The van der Waals surface area contributed by atoms with Crippen LogP contribution < -0.4 is 5.73 Å². The first kappa shape index (κ1) is 9.98. The molecule has 2 N–H and O–H groups in total. The summed E-state index contributed by atoms with van der Waals surface area (Å²) in [6, 6.07) is 4.48. The molecule has 1 atom stereocenters. The van der Waals surface area contributed by atoms with Gasteiger partial charge in [0.2, 0.25) is 0 Å². The van der Waals surface area contributed by atoms with Gasteiger partial charge in [-0.25, -0.2) is 14.4 Å². The van der Waals surface area contributed by atoms with Crippen molar-refractivity contribution in [3.63, 3.8) is 0 Å². The van der Waals surface area contributed by atoms with E-state index in [1.54, 1.807) is 12.3 Å². The molecule has 0 fully saturated rings. The molecule has 0 spiro atoms. The van der Waals surface area contributed by atoms with Crippen molar-refractivity contribution < 1.29 is 4.39 Å². The van der Waals surface area contributed by atoms with Crippen molar-refractivity contribution >= 4 is 10.9 Å². The third-order valence-corrected chi connectivity index (χ3v) is 2.10. The summed E-state index contributed by atoms with van der Waals surface area (Å²) >= 11 is 0. The zero-order valence-electron chi connectivity index (χ0n) is 8.44. The molecule has 2 aromatic rings. The summed E-state index contributed by atoms with van der Waals surface area (Å²) in [5, 5.41) is 0.838. The maximum Gasteiger partial charge on any atom is 0.130 e. The lowest BCUT2D eigenvalue weighted by Crippen LogP contribution is -2.19. The molecule has 0 radical (unpaired) electrons. The number of fused-ring (bicyclic) bond motifs is 1. The van der Waals surface area contributed by atoms with Gasteiger partial charge in [0.1, 0.15) is 11.6 Å². The van der Waals surface area contributed by atoms with E-state index in [-0.39, 0.29) is 11.9 Å². The van der Waals surface area contributed by atoms with Gasteiger partial charge in [-0.1, -0.05) is 0 Å². The highest BCUT2D eigenvalue weighted by atomic mass is 19.1. The zero-order valence-corrected chi connectivity index (χ0v) is 8.44. The average Bonchev–Trinajstić information content (AvgIpc) is 2.16. The van der Waals surface area contributed by atoms with Crippen LogP contribution in [-0.4, -0.2) is 16.0 Å². The molecule has 2 rings (SSSR count). The highest BCUT2D eigenvalue weighted by molar-refractivity contribution is 5.77. The number of benzene rings is 1. The summed E-state index contributed by atoms with van der Waals surface area (Å²) in [5.41, 5.74) is 6.27. The number of halogens is 1. The van der Waals surface area contributed by atoms with E-state index in [0.717, 1.165) is 5.39 Å². The number of rotatable bonds is 2. The van der Waals surface area contributed by atoms with Gasteiger partial charge in [-0.05, 0) is 19.1 Å². The highest BCUT2D eigenvalue weighted by Crippen LogP contribution is 2.12. The lowest BCUT2D eigenvalue weighted by atomic mass is 10.2. The fraction of sp³-hybridized carbons (Fsp3) is 0.273. The van der Waals surface area contributed by atoms with Crippen LogP contribution in [0, 0.1) is 5.82 Å². The molecular weight excluding hydrogens is 193 g/mol. The molecule has 0 aliphatic heterocycles. The fourth-order valence-corrected chi connectivity index (χ4v) is 1.42. The maximum absolute atomic E-state index is 12.9. The normalized spacial score (nSPS) is 13.0. The number of hydrogen-bond acceptors (Lipinski definition) is 3. The second kappa shape index (κ2) is 3.90. The summed E-state index contributed by atoms with van der Waals surface area (Å²) in [6.07, 6.45) is 2.30. The van der Waals surface area contributed by atoms with E-state index in [0.29, 0.717) is 17.8 Å². The smallest absolute Gasteiger partial charge is 0.130 e. The van der Waals surface area contributed by atoms with Crippen molar-refractivity contribution in [1.82, 2.24) is 9.97 Å². The van der Waals surface area contributed by atoms with E-state index in [9.17, 15) is 4.39 Å². The molecule has 1 heterocycles. The summed E-state index contributed by atoms with van der Waals surface area (Å²) in [6.45, 7) is 1.89. The minimum absolute atomic E-state index is 0.0102. The Balaban J connectivity index is 2.45. The molecule has 0 saturated carbocycles.